The summed E-state index contributed by atoms with van der Waals surface area (Å²) in [4.78, 5) is 17.7. The van der Waals surface area contributed by atoms with Gasteiger partial charge in [-0.1, -0.05) is 0 Å². The van der Waals surface area contributed by atoms with Crippen molar-refractivity contribution in [3.8, 4) is 0 Å². The molecule has 0 aliphatic rings. The van der Waals surface area contributed by atoms with Crippen LogP contribution < -0.4 is 10.6 Å². The number of likely N-dealkylation sites (N-methyl/N-ethyl adjacent to an activating group) is 1. The van der Waals surface area contributed by atoms with Crippen LogP contribution in [-0.2, 0) is 23.0 Å². The minimum absolute atomic E-state index is 0. The van der Waals surface area contributed by atoms with Crippen molar-refractivity contribution in [3.63, 3.8) is 0 Å². The number of rotatable bonds is 11. The van der Waals surface area contributed by atoms with Crippen molar-refractivity contribution >= 4 is 35.8 Å². The van der Waals surface area contributed by atoms with Gasteiger partial charge in [0, 0.05) is 53.1 Å². The van der Waals surface area contributed by atoms with E-state index in [4.69, 9.17) is 4.74 Å². The number of halogens is 1. The maximum Gasteiger partial charge on any atom is 0.243 e. The smallest absolute Gasteiger partial charge is 0.243 e. The summed E-state index contributed by atoms with van der Waals surface area (Å²) in [7, 11) is 5.45. The molecule has 1 rings (SSSR count). The Labute approximate surface area is 186 Å². The molecule has 1 heterocycles. The van der Waals surface area contributed by atoms with Gasteiger partial charge in [0.25, 0.3) is 0 Å². The van der Waals surface area contributed by atoms with Crippen LogP contribution in [0, 0.1) is 13.8 Å². The zero-order chi connectivity index (χ0) is 20.2. The van der Waals surface area contributed by atoms with Crippen LogP contribution in [-0.4, -0.2) is 73.5 Å². The summed E-state index contributed by atoms with van der Waals surface area (Å²) in [5.74, 6) is 0.647. The Morgan fingerprint density at radius 1 is 1.21 bits per heavy atom. The molecule has 162 valence electrons. The van der Waals surface area contributed by atoms with E-state index in [0.29, 0.717) is 12.6 Å². The normalized spacial score (nSPS) is 11.1. The molecule has 0 spiro atoms. The predicted molar refractivity (Wildman–Crippen MR) is 125 cm³/mol. The van der Waals surface area contributed by atoms with Gasteiger partial charge < -0.3 is 20.3 Å². The number of ether oxygens (including phenoxy) is 1. The molecule has 1 amide bonds. The summed E-state index contributed by atoms with van der Waals surface area (Å²) in [6, 6.07) is 0. The van der Waals surface area contributed by atoms with Gasteiger partial charge in [-0.15, -0.1) is 24.0 Å². The van der Waals surface area contributed by atoms with Gasteiger partial charge in [-0.3, -0.25) is 9.48 Å². The van der Waals surface area contributed by atoms with Crippen LogP contribution in [0.5, 0.6) is 0 Å². The summed E-state index contributed by atoms with van der Waals surface area (Å²) in [5.41, 5.74) is 3.62. The molecule has 1 aromatic rings. The molecular weight excluding hydrogens is 471 g/mol. The monoisotopic (exact) mass is 508 g/mol. The third kappa shape index (κ3) is 9.72. The molecule has 0 bridgehead atoms. The Kier molecular flexibility index (Phi) is 13.9. The molecule has 9 heteroatoms. The molecule has 0 aromatic carbocycles. The summed E-state index contributed by atoms with van der Waals surface area (Å²) < 4.78 is 7.28. The molecule has 1 aromatic heterocycles. The van der Waals surface area contributed by atoms with E-state index in [1.54, 1.807) is 19.0 Å². The maximum atomic E-state index is 11.8. The first-order valence-corrected chi connectivity index (χ1v) is 9.66. The van der Waals surface area contributed by atoms with Gasteiger partial charge in [0.2, 0.25) is 5.91 Å². The first kappa shape index (κ1) is 26.6. The number of aryl methyl sites for hydroxylation is 2. The van der Waals surface area contributed by atoms with Crippen LogP contribution in [0.25, 0.3) is 0 Å². The van der Waals surface area contributed by atoms with E-state index in [9.17, 15) is 4.79 Å². The second-order valence-electron chi connectivity index (χ2n) is 6.73. The fourth-order valence-corrected chi connectivity index (χ4v) is 2.64. The number of hydrogen-bond acceptors (Lipinski definition) is 4. The van der Waals surface area contributed by atoms with Crippen LogP contribution in [0.15, 0.2) is 4.99 Å². The molecule has 0 saturated heterocycles. The highest BCUT2D eigenvalue weighted by Gasteiger charge is 2.09. The van der Waals surface area contributed by atoms with Gasteiger partial charge >= 0.3 is 0 Å². The lowest BCUT2D eigenvalue weighted by atomic mass is 10.1. The van der Waals surface area contributed by atoms with E-state index < -0.39 is 0 Å². The van der Waals surface area contributed by atoms with Crippen molar-refractivity contribution in [1.29, 1.82) is 0 Å². The average Bonchev–Trinajstić information content (AvgIpc) is 2.87. The highest BCUT2D eigenvalue weighted by atomic mass is 127. The zero-order valence-corrected chi connectivity index (χ0v) is 20.5. The molecule has 0 fully saturated rings. The molecule has 0 unspecified atom stereocenters. The summed E-state index contributed by atoms with van der Waals surface area (Å²) >= 11 is 0. The minimum atomic E-state index is -0.0213. The highest BCUT2D eigenvalue weighted by Crippen LogP contribution is 2.13. The SMILES string of the molecule is CCOCCCNC(=NCC(=O)N(C)C)NCCCc1c(C)nn(C)c1C.I. The molecule has 0 saturated carbocycles. The van der Waals surface area contributed by atoms with Crippen molar-refractivity contribution in [2.45, 2.75) is 40.0 Å². The van der Waals surface area contributed by atoms with Crippen molar-refractivity contribution in [1.82, 2.24) is 25.3 Å². The Morgan fingerprint density at radius 3 is 2.39 bits per heavy atom. The van der Waals surface area contributed by atoms with Crippen molar-refractivity contribution < 1.29 is 9.53 Å². The first-order valence-electron chi connectivity index (χ1n) is 9.66. The second-order valence-corrected chi connectivity index (χ2v) is 6.73. The number of amides is 1. The number of nitrogens with zero attached hydrogens (tertiary/aromatic N) is 4. The third-order valence-electron chi connectivity index (χ3n) is 4.39. The minimum Gasteiger partial charge on any atom is -0.382 e. The Bertz CT molecular complexity index is 616. The van der Waals surface area contributed by atoms with Gasteiger partial charge in [-0.2, -0.15) is 5.10 Å². The number of carbonyl (C=O) groups excluding carboxylic acids is 1. The quantitative estimate of drug-likeness (QED) is 0.206. The van der Waals surface area contributed by atoms with Crippen LogP contribution in [0.4, 0.5) is 0 Å². The molecule has 0 atom stereocenters. The lowest BCUT2D eigenvalue weighted by Crippen LogP contribution is -2.39. The summed E-state index contributed by atoms with van der Waals surface area (Å²) in [5, 5.41) is 11.1. The van der Waals surface area contributed by atoms with Crippen molar-refractivity contribution in [3.05, 3.63) is 17.0 Å². The summed E-state index contributed by atoms with van der Waals surface area (Å²) in [6.07, 6.45) is 2.83. The highest BCUT2D eigenvalue weighted by molar-refractivity contribution is 14.0. The molecule has 0 aliphatic carbocycles. The van der Waals surface area contributed by atoms with Crippen molar-refractivity contribution in [2.75, 3.05) is 46.9 Å². The van der Waals surface area contributed by atoms with E-state index in [2.05, 4.69) is 34.6 Å². The number of nitrogens with one attached hydrogen (secondary N) is 2. The topological polar surface area (TPSA) is 83.8 Å². The number of aliphatic imine (C=N–C) groups is 1. The lowest BCUT2D eigenvalue weighted by molar-refractivity contribution is -0.127. The summed E-state index contributed by atoms with van der Waals surface area (Å²) in [6.45, 7) is 9.24. The molecule has 0 radical (unpaired) electrons. The molecule has 2 N–H and O–H groups in total. The number of carbonyl (C=O) groups is 1. The van der Waals surface area contributed by atoms with E-state index >= 15 is 0 Å². The van der Waals surface area contributed by atoms with E-state index in [1.807, 2.05) is 18.7 Å². The van der Waals surface area contributed by atoms with Crippen LogP contribution in [0.1, 0.15) is 36.7 Å². The van der Waals surface area contributed by atoms with Gasteiger partial charge in [0.05, 0.1) is 5.69 Å². The number of guanidine groups is 1. The Hall–Kier alpha value is -1.36. The largest absolute Gasteiger partial charge is 0.382 e. The Morgan fingerprint density at radius 2 is 1.86 bits per heavy atom. The molecule has 8 nitrogen and oxygen atoms in total. The second kappa shape index (κ2) is 14.6. The van der Waals surface area contributed by atoms with Crippen LogP contribution in [0.2, 0.25) is 0 Å². The van der Waals surface area contributed by atoms with E-state index in [-0.39, 0.29) is 36.4 Å². The third-order valence-corrected chi connectivity index (χ3v) is 4.39. The molecule has 28 heavy (non-hydrogen) atoms. The number of hydrogen-bond donors (Lipinski definition) is 2. The molecule has 0 aliphatic heterocycles. The average molecular weight is 508 g/mol. The van der Waals surface area contributed by atoms with Gasteiger partial charge in [0.1, 0.15) is 6.54 Å². The zero-order valence-electron chi connectivity index (χ0n) is 18.2. The standard InChI is InChI=1S/C19H36N6O2.HI/c1-7-27-13-9-12-21-19(22-14-18(26)24(4)5)20-11-8-10-17-15(2)23-25(6)16(17)3;/h7-14H2,1-6H3,(H2,20,21,22);1H. The fourth-order valence-electron chi connectivity index (χ4n) is 2.64. The van der Waals surface area contributed by atoms with Gasteiger partial charge in [0.15, 0.2) is 5.96 Å². The first-order chi connectivity index (χ1) is 12.9. The maximum absolute atomic E-state index is 11.8. The van der Waals surface area contributed by atoms with E-state index in [0.717, 1.165) is 44.7 Å². The molecular formula is C19H37IN6O2. The van der Waals surface area contributed by atoms with Gasteiger partial charge in [-0.05, 0) is 45.6 Å². The van der Waals surface area contributed by atoms with Gasteiger partial charge in [-0.25, -0.2) is 4.99 Å². The Balaban J connectivity index is 0.00000729. The predicted octanol–water partition coefficient (Wildman–Crippen LogP) is 1.64. The van der Waals surface area contributed by atoms with Crippen molar-refractivity contribution in [2.24, 2.45) is 12.0 Å². The number of aromatic nitrogens is 2. The van der Waals surface area contributed by atoms with E-state index in [1.165, 1.54) is 11.3 Å². The van der Waals surface area contributed by atoms with Crippen LogP contribution in [0.3, 0.4) is 0 Å². The van der Waals surface area contributed by atoms with Crippen LogP contribution >= 0.6 is 24.0 Å². The fraction of sp³-hybridized carbons (Fsp3) is 0.737. The lowest BCUT2D eigenvalue weighted by Gasteiger charge is -2.14.